The van der Waals surface area contributed by atoms with Crippen LogP contribution in [0.25, 0.3) is 0 Å². The van der Waals surface area contributed by atoms with Crippen LogP contribution in [0.5, 0.6) is 5.88 Å². The van der Waals surface area contributed by atoms with Crippen molar-refractivity contribution in [2.75, 3.05) is 25.8 Å². The number of hydrogen-bond donors (Lipinski definition) is 1. The van der Waals surface area contributed by atoms with E-state index in [2.05, 4.69) is 40.8 Å². The maximum Gasteiger partial charge on any atom is 0.418 e. The van der Waals surface area contributed by atoms with Gasteiger partial charge in [-0.05, 0) is 65.3 Å². The predicted octanol–water partition coefficient (Wildman–Crippen LogP) is 6.07. The number of aromatic nitrogens is 2. The van der Waals surface area contributed by atoms with Crippen molar-refractivity contribution in [2.45, 2.75) is 88.7 Å². The van der Waals surface area contributed by atoms with E-state index in [9.17, 15) is 14.4 Å². The second kappa shape index (κ2) is 14.5. The van der Waals surface area contributed by atoms with E-state index in [0.717, 1.165) is 17.8 Å². The molecule has 264 valence electrons. The van der Waals surface area contributed by atoms with E-state index in [1.165, 1.54) is 42.6 Å². The number of carbonyl (C=O) groups excluding carboxylic acids is 3. The third kappa shape index (κ3) is 8.97. The number of thioether (sulfide) groups is 1. The van der Waals surface area contributed by atoms with Crippen LogP contribution in [0.15, 0.2) is 35.6 Å². The lowest BCUT2D eigenvalue weighted by atomic mass is 9.85. The van der Waals surface area contributed by atoms with Crippen molar-refractivity contribution in [3.8, 4) is 18.2 Å². The number of aliphatic imine (C=N–C) groups is 1. The average Bonchev–Trinajstić information content (AvgIpc) is 3.77. The van der Waals surface area contributed by atoms with Crippen molar-refractivity contribution in [1.29, 1.82) is 0 Å². The molecule has 1 fully saturated rings. The lowest BCUT2D eigenvalue weighted by molar-refractivity contribution is -0.141. The van der Waals surface area contributed by atoms with Gasteiger partial charge in [-0.25, -0.2) is 24.1 Å². The minimum atomic E-state index is -1.44. The van der Waals surface area contributed by atoms with E-state index < -0.39 is 59.8 Å². The van der Waals surface area contributed by atoms with Crippen LogP contribution in [0.1, 0.15) is 57.1 Å². The third-order valence-corrected chi connectivity index (χ3v) is 11.1. The highest BCUT2D eigenvalue weighted by Crippen LogP contribution is 2.67. The number of anilines is 1. The Kier molecular flexibility index (Phi) is 11.2. The van der Waals surface area contributed by atoms with Crippen LogP contribution in [0.4, 0.5) is 14.9 Å². The van der Waals surface area contributed by atoms with Crippen LogP contribution >= 0.6 is 11.8 Å². The largest absolute Gasteiger partial charge is 0.468 e. The number of fused-ring (bicyclic) bond motifs is 1. The van der Waals surface area contributed by atoms with Crippen LogP contribution in [-0.4, -0.2) is 83.0 Å². The van der Waals surface area contributed by atoms with E-state index >= 15 is 4.39 Å². The Labute approximate surface area is 291 Å². The lowest BCUT2D eigenvalue weighted by Crippen LogP contribution is -2.47. The SMILES string of the molecule is C#CC(C)Oc1cnc(C(=O)Nc2ccc(F)c([C@@]3(C)N=C(N(COCC[Si](C)(C)C)C(=O)OC(C)(C)C)S[C@@]4(C(=O)OC)C[C@H]43)c2)cn1. The summed E-state index contributed by atoms with van der Waals surface area (Å²) in [6.07, 6.45) is 6.91. The first-order chi connectivity index (χ1) is 22.8. The van der Waals surface area contributed by atoms with Gasteiger partial charge < -0.3 is 24.3 Å². The molecule has 1 aromatic carbocycles. The van der Waals surface area contributed by atoms with Crippen molar-refractivity contribution < 1.29 is 37.7 Å². The number of amides is 2. The number of benzene rings is 1. The number of ether oxygens (including phenoxy) is 4. The highest BCUT2D eigenvalue weighted by molar-refractivity contribution is 8.15. The summed E-state index contributed by atoms with van der Waals surface area (Å²) in [5, 5.41) is 2.86. The number of esters is 1. The molecule has 2 amide bonds. The first-order valence-corrected chi connectivity index (χ1v) is 20.4. The first-order valence-electron chi connectivity index (χ1n) is 15.8. The molecule has 12 nitrogen and oxygen atoms in total. The zero-order valence-electron chi connectivity index (χ0n) is 29.4. The zero-order valence-corrected chi connectivity index (χ0v) is 31.2. The molecule has 1 aliphatic heterocycles. The van der Waals surface area contributed by atoms with Crippen LogP contribution in [0, 0.1) is 24.1 Å². The number of nitrogens with zero attached hydrogens (tertiary/aromatic N) is 4. The maximum atomic E-state index is 15.8. The number of methoxy groups -OCH3 is 1. The molecule has 0 saturated heterocycles. The van der Waals surface area contributed by atoms with Crippen LogP contribution < -0.4 is 10.1 Å². The molecule has 1 aliphatic carbocycles. The Hall–Kier alpha value is -4.00. The number of rotatable bonds is 11. The Bertz CT molecular complexity index is 1660. The molecule has 1 aromatic heterocycles. The standard InChI is InChI=1S/C34H44FN5O7SSi/c1-11-21(2)46-27-19-36-25(18-37-27)28(41)38-22-12-13-24(35)23(16-22)33(6)26-17-34(26,29(42)44-7)48-30(39-33)40(31(43)47-32(3,4)5)20-45-14-15-49(8,9)10/h1,12-13,16,18-19,21,26H,14-15,17,20H2,2-10H3,(H,38,41)/t21?,26-,33+,34-/m0/s1. The highest BCUT2D eigenvalue weighted by Gasteiger charge is 2.72. The molecule has 49 heavy (non-hydrogen) atoms. The van der Waals surface area contributed by atoms with Gasteiger partial charge in [0.1, 0.15) is 28.6 Å². The van der Waals surface area contributed by atoms with Crippen molar-refractivity contribution in [2.24, 2.45) is 10.9 Å². The summed E-state index contributed by atoms with van der Waals surface area (Å²) in [4.78, 5) is 54.4. The van der Waals surface area contributed by atoms with Gasteiger partial charge in [0.2, 0.25) is 5.88 Å². The monoisotopic (exact) mass is 713 g/mol. The molecule has 0 radical (unpaired) electrons. The summed E-state index contributed by atoms with van der Waals surface area (Å²) < 4.78 is 37.0. The lowest BCUT2D eigenvalue weighted by Gasteiger charge is -2.37. The second-order valence-corrected chi connectivity index (χ2v) is 21.3. The summed E-state index contributed by atoms with van der Waals surface area (Å²) in [6.45, 7) is 15.5. The minimum absolute atomic E-state index is 0.0128. The van der Waals surface area contributed by atoms with Gasteiger partial charge in [0.05, 0.1) is 25.0 Å². The Morgan fingerprint density at radius 2 is 1.94 bits per heavy atom. The van der Waals surface area contributed by atoms with Crippen LogP contribution in [0.3, 0.4) is 0 Å². The highest BCUT2D eigenvalue weighted by atomic mass is 32.2. The Morgan fingerprint density at radius 3 is 2.53 bits per heavy atom. The van der Waals surface area contributed by atoms with Gasteiger partial charge in [-0.3, -0.25) is 14.6 Å². The number of nitrogens with one attached hydrogen (secondary N) is 1. The summed E-state index contributed by atoms with van der Waals surface area (Å²) in [5.41, 5.74) is -1.84. The van der Waals surface area contributed by atoms with E-state index in [4.69, 9.17) is 30.4 Å². The first kappa shape index (κ1) is 37.8. The fourth-order valence-corrected chi connectivity index (χ4v) is 7.55. The number of carbonyl (C=O) groups is 3. The normalized spacial score (nSPS) is 22.1. The Balaban J connectivity index is 1.69. The molecular formula is C34H44FN5O7SSi. The number of terminal acetylenes is 1. The second-order valence-electron chi connectivity index (χ2n) is 14.4. The fraction of sp³-hybridized carbons (Fsp3) is 0.529. The molecule has 4 rings (SSSR count). The number of halogens is 1. The van der Waals surface area contributed by atoms with Gasteiger partial charge in [0, 0.05) is 31.8 Å². The zero-order chi connectivity index (χ0) is 36.4. The van der Waals surface area contributed by atoms with Gasteiger partial charge in [-0.2, -0.15) is 0 Å². The Morgan fingerprint density at radius 1 is 1.22 bits per heavy atom. The molecule has 1 saturated carbocycles. The van der Waals surface area contributed by atoms with Gasteiger partial charge in [0.25, 0.3) is 5.91 Å². The van der Waals surface area contributed by atoms with Crippen molar-refractivity contribution in [1.82, 2.24) is 14.9 Å². The van der Waals surface area contributed by atoms with Gasteiger partial charge in [0.15, 0.2) is 11.3 Å². The predicted molar refractivity (Wildman–Crippen MR) is 188 cm³/mol. The van der Waals surface area contributed by atoms with Crippen molar-refractivity contribution >= 4 is 48.7 Å². The number of amidine groups is 1. The fourth-order valence-electron chi connectivity index (χ4n) is 5.21. The van der Waals surface area contributed by atoms with Crippen molar-refractivity contribution in [3.63, 3.8) is 0 Å². The van der Waals surface area contributed by atoms with Gasteiger partial charge in [-0.1, -0.05) is 37.3 Å². The van der Waals surface area contributed by atoms with Crippen LogP contribution in [0.2, 0.25) is 25.7 Å². The number of hydrogen-bond acceptors (Lipinski definition) is 11. The van der Waals surface area contributed by atoms with Crippen LogP contribution in [-0.2, 0) is 24.5 Å². The molecule has 0 spiro atoms. The summed E-state index contributed by atoms with van der Waals surface area (Å²) in [5.74, 6) is 0.355. The maximum absolute atomic E-state index is 15.8. The summed E-state index contributed by atoms with van der Waals surface area (Å²) in [6, 6.07) is 4.94. The molecule has 4 atom stereocenters. The molecule has 1 N–H and O–H groups in total. The van der Waals surface area contributed by atoms with Crippen molar-refractivity contribution in [3.05, 3.63) is 47.7 Å². The summed E-state index contributed by atoms with van der Waals surface area (Å²) in [7, 11) is -0.154. The van der Waals surface area contributed by atoms with E-state index in [-0.39, 0.29) is 34.7 Å². The van der Waals surface area contributed by atoms with E-state index in [1.54, 1.807) is 34.6 Å². The summed E-state index contributed by atoms with van der Waals surface area (Å²) >= 11 is 1.09. The molecule has 2 heterocycles. The van der Waals surface area contributed by atoms with Gasteiger partial charge in [-0.15, -0.1) is 6.42 Å². The molecular weight excluding hydrogens is 670 g/mol. The van der Waals surface area contributed by atoms with E-state index in [1.807, 2.05) is 0 Å². The molecule has 2 aliphatic rings. The van der Waals surface area contributed by atoms with E-state index in [0.29, 0.717) is 13.0 Å². The van der Waals surface area contributed by atoms with Gasteiger partial charge >= 0.3 is 12.1 Å². The topological polar surface area (TPSA) is 142 Å². The molecule has 1 unspecified atom stereocenters. The average molecular weight is 714 g/mol. The molecule has 15 heteroatoms. The smallest absolute Gasteiger partial charge is 0.418 e. The minimum Gasteiger partial charge on any atom is -0.468 e. The molecule has 2 aromatic rings. The molecule has 0 bridgehead atoms. The quantitative estimate of drug-likeness (QED) is 0.0960. The third-order valence-electron chi connectivity index (χ3n) is 7.95.